The minimum absolute atomic E-state index is 0.689. The van der Waals surface area contributed by atoms with Gasteiger partial charge in [0.15, 0.2) is 0 Å². The molecule has 6 aliphatic rings. The number of ether oxygens (including phenoxy) is 1. The van der Waals surface area contributed by atoms with E-state index in [0.29, 0.717) is 6.04 Å². The van der Waals surface area contributed by atoms with Gasteiger partial charge in [-0.05, 0) is 147 Å². The molecule has 1 aliphatic carbocycles. The normalized spacial score (nSPS) is 19.1. The highest BCUT2D eigenvalue weighted by molar-refractivity contribution is 4.71. The minimum atomic E-state index is 0.689. The summed E-state index contributed by atoms with van der Waals surface area (Å²) in [5.41, 5.74) is 0. The van der Waals surface area contributed by atoms with E-state index in [1.165, 1.54) is 129 Å². The quantitative estimate of drug-likeness (QED) is 0.295. The Labute approximate surface area is 384 Å². The van der Waals surface area contributed by atoms with E-state index in [-0.39, 0.29) is 0 Å². The van der Waals surface area contributed by atoms with Crippen molar-refractivity contribution in [2.75, 3.05) is 91.8 Å². The highest BCUT2D eigenvalue weighted by Gasteiger charge is 2.15. The van der Waals surface area contributed by atoms with Crippen molar-refractivity contribution in [2.45, 2.75) is 260 Å². The summed E-state index contributed by atoms with van der Waals surface area (Å²) in [6.45, 7) is 63.4. The first-order valence-electron chi connectivity index (χ1n) is 27.0. The van der Waals surface area contributed by atoms with Crippen molar-refractivity contribution in [1.29, 1.82) is 0 Å². The van der Waals surface area contributed by atoms with E-state index < -0.39 is 0 Å². The molecular weight excluding hydrogens is 737 g/mol. The Morgan fingerprint density at radius 3 is 0.617 bits per heavy atom. The molecule has 7 heteroatoms. The number of nitrogens with zero attached hydrogens (tertiary/aromatic N) is 5. The van der Waals surface area contributed by atoms with E-state index in [0.717, 1.165) is 63.6 Å². The van der Waals surface area contributed by atoms with E-state index >= 15 is 0 Å². The van der Waals surface area contributed by atoms with Gasteiger partial charge in [-0.3, -0.25) is 9.80 Å². The first-order chi connectivity index (χ1) is 29.0. The van der Waals surface area contributed by atoms with Crippen LogP contribution in [0.2, 0.25) is 0 Å². The second-order valence-electron chi connectivity index (χ2n) is 16.3. The van der Waals surface area contributed by atoms with Crippen LogP contribution in [0, 0.1) is 0 Å². The van der Waals surface area contributed by atoms with Gasteiger partial charge in [-0.25, -0.2) is 0 Å². The predicted octanol–water partition coefficient (Wildman–Crippen LogP) is 14.0. The van der Waals surface area contributed by atoms with Crippen molar-refractivity contribution >= 4 is 0 Å². The van der Waals surface area contributed by atoms with Crippen LogP contribution in [-0.2, 0) is 4.74 Å². The Bertz CT molecular complexity index is 579. The first kappa shape index (κ1) is 71.4. The molecule has 5 saturated heterocycles. The lowest BCUT2D eigenvalue weighted by molar-refractivity contribution is 0.0238. The molecule has 6 fully saturated rings. The molecule has 7 nitrogen and oxygen atoms in total. The molecule has 372 valence electrons. The highest BCUT2D eigenvalue weighted by Crippen LogP contribution is 2.15. The molecule has 0 aromatic heterocycles. The Morgan fingerprint density at radius 1 is 0.267 bits per heavy atom. The van der Waals surface area contributed by atoms with Crippen molar-refractivity contribution in [1.82, 2.24) is 29.8 Å². The van der Waals surface area contributed by atoms with Crippen LogP contribution in [0.3, 0.4) is 0 Å². The van der Waals surface area contributed by atoms with Crippen molar-refractivity contribution in [2.24, 2.45) is 0 Å². The minimum Gasteiger partial charge on any atom is -0.379 e. The maximum Gasteiger partial charge on any atom is 0.0594 e. The van der Waals surface area contributed by atoms with Gasteiger partial charge in [0.2, 0.25) is 0 Å². The fourth-order valence-corrected chi connectivity index (χ4v) is 6.67. The largest absolute Gasteiger partial charge is 0.379 e. The summed E-state index contributed by atoms with van der Waals surface area (Å²) < 4.78 is 5.21. The first-order valence-corrected chi connectivity index (χ1v) is 27.0. The lowest BCUT2D eigenvalue weighted by Crippen LogP contribution is -2.46. The molecule has 6 rings (SSSR count). The Hall–Kier alpha value is -0.280. The van der Waals surface area contributed by atoms with Crippen molar-refractivity contribution < 1.29 is 4.74 Å². The molecule has 60 heavy (non-hydrogen) atoms. The average Bonchev–Trinajstić information content (AvgIpc) is 3.86. The number of piperidine rings is 2. The summed E-state index contributed by atoms with van der Waals surface area (Å²) >= 11 is 0. The zero-order chi connectivity index (χ0) is 47.6. The van der Waals surface area contributed by atoms with Crippen molar-refractivity contribution in [3.8, 4) is 0 Å². The highest BCUT2D eigenvalue weighted by atomic mass is 16.5. The van der Waals surface area contributed by atoms with Crippen LogP contribution in [0.15, 0.2) is 0 Å². The van der Waals surface area contributed by atoms with Crippen molar-refractivity contribution in [3.05, 3.63) is 0 Å². The van der Waals surface area contributed by atoms with Gasteiger partial charge < -0.3 is 24.8 Å². The van der Waals surface area contributed by atoms with Crippen LogP contribution < -0.4 is 5.32 Å². The number of hydrogen-bond donors (Lipinski definition) is 1. The summed E-state index contributed by atoms with van der Waals surface area (Å²) in [4.78, 5) is 12.6. The van der Waals surface area contributed by atoms with Crippen LogP contribution in [0.1, 0.15) is 229 Å². The van der Waals surface area contributed by atoms with Gasteiger partial charge in [-0.1, -0.05) is 122 Å². The second-order valence-corrected chi connectivity index (χ2v) is 16.3. The maximum absolute atomic E-state index is 5.21. The van der Waals surface area contributed by atoms with Gasteiger partial charge in [0.25, 0.3) is 0 Å². The third-order valence-corrected chi connectivity index (χ3v) is 10.8. The van der Waals surface area contributed by atoms with E-state index in [4.69, 9.17) is 4.74 Å². The molecule has 0 amide bonds. The van der Waals surface area contributed by atoms with Crippen LogP contribution in [0.5, 0.6) is 0 Å². The Kier molecular flexibility index (Phi) is 69.8. The molecule has 0 aromatic rings. The van der Waals surface area contributed by atoms with Crippen LogP contribution in [0.25, 0.3) is 0 Å². The third kappa shape index (κ3) is 47.2. The number of rotatable bonds is 5. The molecule has 0 radical (unpaired) electrons. The van der Waals surface area contributed by atoms with E-state index in [9.17, 15) is 0 Å². The molecule has 5 heterocycles. The average molecular weight is 862 g/mol. The summed E-state index contributed by atoms with van der Waals surface area (Å²) in [6.07, 6.45) is 17.4. The van der Waals surface area contributed by atoms with Gasteiger partial charge in [-0.15, -0.1) is 0 Å². The Balaban J connectivity index is -0.000000140. The number of hydrogen-bond acceptors (Lipinski definition) is 7. The van der Waals surface area contributed by atoms with E-state index in [1.807, 2.05) is 83.1 Å². The molecule has 0 bridgehead atoms. The van der Waals surface area contributed by atoms with Crippen LogP contribution in [0.4, 0.5) is 0 Å². The summed E-state index contributed by atoms with van der Waals surface area (Å²) in [7, 11) is 0. The topological polar surface area (TPSA) is 37.5 Å². The lowest BCUT2D eigenvalue weighted by atomic mass is 10.0. The number of likely N-dealkylation sites (tertiary alicyclic amines) is 3. The van der Waals surface area contributed by atoms with E-state index in [2.05, 4.69) is 99.1 Å². The number of nitrogens with one attached hydrogen (secondary N) is 1. The Morgan fingerprint density at radius 2 is 0.450 bits per heavy atom. The monoisotopic (exact) mass is 861 g/mol. The number of piperazine rings is 1. The van der Waals surface area contributed by atoms with Gasteiger partial charge >= 0.3 is 0 Å². The van der Waals surface area contributed by atoms with Crippen LogP contribution in [-0.4, -0.2) is 146 Å². The molecule has 0 spiro atoms. The third-order valence-electron chi connectivity index (χ3n) is 10.8. The molecule has 1 N–H and O–H groups in total. The van der Waals surface area contributed by atoms with Crippen molar-refractivity contribution in [3.63, 3.8) is 0 Å². The molecule has 5 aliphatic heterocycles. The SMILES string of the molecule is C1CCC1.CC.CC.CC.CC.CC.CC.CC(C)N1CCCC1.CC(C)N1CCCCC1.CC(C)N1CCCCC1.CC(C)N1CCNCC1.CC(C)N1CCOCC1. The summed E-state index contributed by atoms with van der Waals surface area (Å²) in [6, 6.07) is 3.73. The smallest absolute Gasteiger partial charge is 0.0594 e. The summed E-state index contributed by atoms with van der Waals surface area (Å²) in [5, 5.41) is 3.33. The van der Waals surface area contributed by atoms with Crippen LogP contribution >= 0.6 is 0 Å². The molecule has 0 atom stereocenters. The molecular formula is C53H124N6O. The van der Waals surface area contributed by atoms with Gasteiger partial charge in [0.05, 0.1) is 13.2 Å². The molecule has 1 saturated carbocycles. The second kappa shape index (κ2) is 58.7. The van der Waals surface area contributed by atoms with Gasteiger partial charge in [-0.2, -0.15) is 0 Å². The summed E-state index contributed by atoms with van der Waals surface area (Å²) in [5.74, 6) is 0. The van der Waals surface area contributed by atoms with E-state index in [1.54, 1.807) is 0 Å². The molecule has 0 aromatic carbocycles. The van der Waals surface area contributed by atoms with Gasteiger partial charge in [0.1, 0.15) is 0 Å². The number of morpholine rings is 1. The standard InChI is InChI=1S/2C8H17N.C7H16N2.C7H15NO.C7H15N.C4H8.6C2H6/c2*1-8(2)9-6-4-3-5-7-9;1-7(2)9-5-3-8-4-6-9;1-7(2)8-3-5-9-6-4-8;1-7(2)8-5-3-4-6-8;1-2-4-3-1;6*1-2/h2*8H,3-7H2,1-2H3;7-8H,3-6H2,1-2H3;7H,3-6H2,1-2H3;7H,3-6H2,1-2H3;1-4H2;6*1-2H3. The lowest BCUT2D eigenvalue weighted by Gasteiger charge is -2.30. The fraction of sp³-hybridized carbons (Fsp3) is 1.00. The van der Waals surface area contributed by atoms with Gasteiger partial charge in [0, 0.05) is 69.5 Å². The molecule has 0 unspecified atom stereocenters. The maximum atomic E-state index is 5.21. The fourth-order valence-electron chi connectivity index (χ4n) is 6.67. The zero-order valence-corrected chi connectivity index (χ0v) is 46.4. The zero-order valence-electron chi connectivity index (χ0n) is 46.4. The predicted molar refractivity (Wildman–Crippen MR) is 281 cm³/mol.